The van der Waals surface area contributed by atoms with E-state index < -0.39 is 97.1 Å². The minimum atomic E-state index is -1.79. The minimum absolute atomic E-state index is 0.00694. The van der Waals surface area contributed by atoms with E-state index in [0.717, 1.165) is 11.8 Å². The molecule has 20 heteroatoms. The maximum Gasteiger partial charge on any atom is 0.326 e. The zero-order chi connectivity index (χ0) is 37.0. The summed E-state index contributed by atoms with van der Waals surface area (Å²) in [6.45, 7) is 2.00. The highest BCUT2D eigenvalue weighted by atomic mass is 16.5. The van der Waals surface area contributed by atoms with E-state index >= 15 is 0 Å². The molecule has 2 fully saturated rings. The van der Waals surface area contributed by atoms with Crippen molar-refractivity contribution in [3.8, 4) is 0 Å². The Morgan fingerprint density at radius 1 is 1.10 bits per heavy atom. The average Bonchev–Trinajstić information content (AvgIpc) is 3.54. The number of carboxylic acids is 1. The van der Waals surface area contributed by atoms with Crippen LogP contribution in [-0.4, -0.2) is 158 Å². The van der Waals surface area contributed by atoms with Crippen LogP contribution in [-0.2, 0) is 28.7 Å². The number of nitrogens with two attached hydrogens (primary N) is 3. The lowest BCUT2D eigenvalue weighted by Crippen LogP contribution is -2.72. The first-order chi connectivity index (χ1) is 23.1. The van der Waals surface area contributed by atoms with Crippen molar-refractivity contribution in [1.82, 2.24) is 25.8 Å². The van der Waals surface area contributed by atoms with E-state index in [1.54, 1.807) is 0 Å². The first-order valence-electron chi connectivity index (χ1n) is 16.3. The van der Waals surface area contributed by atoms with E-state index in [2.05, 4.69) is 16.0 Å². The van der Waals surface area contributed by atoms with Gasteiger partial charge in [-0.05, 0) is 58.4 Å². The summed E-state index contributed by atoms with van der Waals surface area (Å²) in [5.74, 6) is -4.82. The highest BCUT2D eigenvalue weighted by Crippen LogP contribution is 2.30. The number of aliphatic carboxylic acids is 1. The maximum atomic E-state index is 14.5. The zero-order valence-electron chi connectivity index (χ0n) is 27.9. The molecule has 0 aliphatic carbocycles. The first kappa shape index (κ1) is 41.5. The average molecular weight is 704 g/mol. The Bertz CT molecular complexity index is 1160. The Labute approximate surface area is 284 Å². The summed E-state index contributed by atoms with van der Waals surface area (Å²) in [5.41, 5.74) is 17.0. The van der Waals surface area contributed by atoms with Gasteiger partial charge in [-0.15, -0.1) is 0 Å². The summed E-state index contributed by atoms with van der Waals surface area (Å²) in [4.78, 5) is 68.3. The van der Waals surface area contributed by atoms with Crippen molar-refractivity contribution in [2.45, 2.75) is 120 Å². The summed E-state index contributed by atoms with van der Waals surface area (Å²) >= 11 is 0. The molecule has 0 aromatic rings. The predicted molar refractivity (Wildman–Crippen MR) is 172 cm³/mol. The van der Waals surface area contributed by atoms with E-state index in [4.69, 9.17) is 27.3 Å². The molecule has 2 heterocycles. The van der Waals surface area contributed by atoms with E-state index in [-0.39, 0.29) is 57.7 Å². The number of carbonyl (C=O) groups excluding carboxylic acids is 4. The molecule has 0 spiro atoms. The highest BCUT2D eigenvalue weighted by Gasteiger charge is 2.52. The van der Waals surface area contributed by atoms with Gasteiger partial charge in [0.2, 0.25) is 23.6 Å². The molecule has 0 saturated carbocycles. The molecule has 0 aromatic heterocycles. The number of aliphatic hydroxyl groups is 4. The largest absolute Gasteiger partial charge is 0.480 e. The van der Waals surface area contributed by atoms with Gasteiger partial charge in [0.25, 0.3) is 0 Å². The van der Waals surface area contributed by atoms with Gasteiger partial charge in [-0.2, -0.15) is 0 Å². The van der Waals surface area contributed by atoms with Gasteiger partial charge < -0.3 is 73.2 Å². The Kier molecular flexibility index (Phi) is 16.5. The predicted octanol–water partition coefficient (Wildman–Crippen LogP) is -5.21. The van der Waals surface area contributed by atoms with E-state index in [1.807, 2.05) is 0 Å². The van der Waals surface area contributed by atoms with Crippen molar-refractivity contribution in [1.29, 1.82) is 5.41 Å². The second-order valence-electron chi connectivity index (χ2n) is 12.3. The number of ether oxygens (including phenoxy) is 1. The fourth-order valence-electron chi connectivity index (χ4n) is 5.97. The monoisotopic (exact) mass is 703 g/mol. The molecule has 2 saturated heterocycles. The van der Waals surface area contributed by atoms with Gasteiger partial charge in [-0.1, -0.05) is 0 Å². The van der Waals surface area contributed by atoms with Gasteiger partial charge in [-0.3, -0.25) is 24.6 Å². The van der Waals surface area contributed by atoms with Gasteiger partial charge in [-0.25, -0.2) is 4.79 Å². The molecule has 10 atom stereocenters. The number of carbonyl (C=O) groups is 5. The topological polar surface area (TPSA) is 340 Å². The van der Waals surface area contributed by atoms with Crippen LogP contribution in [0.4, 0.5) is 0 Å². The van der Waals surface area contributed by atoms with Gasteiger partial charge in [0.05, 0.1) is 12.7 Å². The fraction of sp³-hybridized carbons (Fsp3) is 0.793. The molecule has 2 aliphatic rings. The number of hydrogen-bond donors (Lipinski definition) is 12. The normalized spacial score (nSPS) is 26.2. The van der Waals surface area contributed by atoms with Crippen LogP contribution in [0.15, 0.2) is 0 Å². The van der Waals surface area contributed by atoms with Crippen molar-refractivity contribution in [2.24, 2.45) is 17.2 Å². The van der Waals surface area contributed by atoms with Crippen molar-refractivity contribution in [3.63, 3.8) is 0 Å². The van der Waals surface area contributed by atoms with E-state index in [0.29, 0.717) is 12.8 Å². The van der Waals surface area contributed by atoms with Gasteiger partial charge in [0, 0.05) is 20.0 Å². The lowest BCUT2D eigenvalue weighted by atomic mass is 9.93. The summed E-state index contributed by atoms with van der Waals surface area (Å²) in [7, 11) is 0. The van der Waals surface area contributed by atoms with Crippen molar-refractivity contribution in [2.75, 3.05) is 26.2 Å². The lowest BCUT2D eigenvalue weighted by Gasteiger charge is -2.49. The number of guanidine groups is 1. The number of hydrogen-bond acceptors (Lipinski definition) is 13. The summed E-state index contributed by atoms with van der Waals surface area (Å²) in [6.07, 6.45) is -6.74. The fourth-order valence-corrected chi connectivity index (χ4v) is 5.97. The molecule has 49 heavy (non-hydrogen) atoms. The Morgan fingerprint density at radius 3 is 2.33 bits per heavy atom. The quantitative estimate of drug-likeness (QED) is 0.0360. The zero-order valence-corrected chi connectivity index (χ0v) is 27.9. The molecular formula is C29H53N9O11. The van der Waals surface area contributed by atoms with Crippen molar-refractivity contribution >= 4 is 35.6 Å². The number of amides is 4. The number of rotatable bonds is 18. The number of likely N-dealkylation sites (tertiary alicyclic amines) is 1. The third kappa shape index (κ3) is 11.2. The SMILES string of the molecule is CC(=O)N[C@H]1C(N(C(=O)[C@@H](N)[C@@H](C)O)[C@@H](CCCCN)C(=O)N2CCC[C@@H]2C(=O)N[C@@H](CCCNC(=N)N)C(=O)O)O[C@H](CO)[C@@H](O)[C@@H]1O. The smallest absolute Gasteiger partial charge is 0.326 e. The second-order valence-corrected chi connectivity index (χ2v) is 12.3. The molecule has 0 aromatic carbocycles. The number of aliphatic hydroxyl groups excluding tert-OH is 4. The molecule has 0 bridgehead atoms. The molecule has 20 nitrogen and oxygen atoms in total. The van der Waals surface area contributed by atoms with Crippen LogP contribution < -0.4 is 33.2 Å². The number of unbranched alkanes of at least 4 members (excludes halogenated alkanes) is 1. The summed E-state index contributed by atoms with van der Waals surface area (Å²) in [5, 5.41) is 66.3. The second kappa shape index (κ2) is 19.5. The van der Waals surface area contributed by atoms with Crippen LogP contribution in [0.3, 0.4) is 0 Å². The van der Waals surface area contributed by atoms with Gasteiger partial charge in [0.15, 0.2) is 12.2 Å². The number of nitrogens with zero attached hydrogens (tertiary/aromatic N) is 2. The van der Waals surface area contributed by atoms with Crippen LogP contribution in [0.1, 0.15) is 58.8 Å². The van der Waals surface area contributed by atoms with Crippen LogP contribution in [0, 0.1) is 5.41 Å². The molecule has 2 rings (SSSR count). The summed E-state index contributed by atoms with van der Waals surface area (Å²) < 4.78 is 5.89. The molecule has 280 valence electrons. The molecule has 4 amide bonds. The van der Waals surface area contributed by atoms with Crippen molar-refractivity contribution < 1.29 is 54.2 Å². The van der Waals surface area contributed by atoms with Gasteiger partial charge in [0.1, 0.15) is 48.5 Å². The molecule has 0 radical (unpaired) electrons. The highest BCUT2D eigenvalue weighted by molar-refractivity contribution is 5.95. The van der Waals surface area contributed by atoms with Crippen LogP contribution >= 0.6 is 0 Å². The number of nitrogens with one attached hydrogen (secondary N) is 4. The van der Waals surface area contributed by atoms with E-state index in [9.17, 15) is 49.5 Å². The van der Waals surface area contributed by atoms with Gasteiger partial charge >= 0.3 is 5.97 Å². The third-order valence-corrected chi connectivity index (χ3v) is 8.59. The Balaban J connectivity index is 2.55. The van der Waals surface area contributed by atoms with E-state index in [1.165, 1.54) is 11.8 Å². The van der Waals surface area contributed by atoms with Crippen LogP contribution in [0.5, 0.6) is 0 Å². The maximum absolute atomic E-state index is 14.5. The number of carboxylic acid groups (broad SMARTS) is 1. The summed E-state index contributed by atoms with van der Waals surface area (Å²) in [6, 6.07) is -7.10. The Hall–Kier alpha value is -3.66. The molecule has 1 unspecified atom stereocenters. The molecule has 15 N–H and O–H groups in total. The molecule has 2 aliphatic heterocycles. The van der Waals surface area contributed by atoms with Crippen LogP contribution in [0.25, 0.3) is 0 Å². The lowest BCUT2D eigenvalue weighted by molar-refractivity contribution is -0.237. The minimum Gasteiger partial charge on any atom is -0.480 e. The van der Waals surface area contributed by atoms with Crippen molar-refractivity contribution in [3.05, 3.63) is 0 Å². The Morgan fingerprint density at radius 2 is 1.78 bits per heavy atom. The standard InChI is InChI=1S/C29H53N9O11/c1-14(40)20(31)26(46)38(27-21(35-15(2)41)23(43)22(42)19(13-39)49-27)18(8-3-4-10-30)25(45)37-12-6-9-17(37)24(44)36-16(28(47)48)7-5-11-34-29(32)33/h14,16-23,27,39-40,42-43H,3-13,30-31H2,1-2H3,(H,35,41)(H,36,44)(H,47,48)(H4,32,33,34)/t14-,16+,17-,18+,19-,20+,21-,22-,23-,27?/m1/s1. The third-order valence-electron chi connectivity index (χ3n) is 8.59. The first-order valence-corrected chi connectivity index (χ1v) is 16.3. The molecular weight excluding hydrogens is 650 g/mol. The van der Waals surface area contributed by atoms with Crippen LogP contribution in [0.2, 0.25) is 0 Å².